The molecule has 0 saturated carbocycles. The molecule has 11 nitrogen and oxygen atoms in total. The van der Waals surface area contributed by atoms with Crippen molar-refractivity contribution in [3.05, 3.63) is 23.8 Å². The van der Waals surface area contributed by atoms with Crippen LogP contribution in [0.4, 0.5) is 9.59 Å². The van der Waals surface area contributed by atoms with E-state index in [1.807, 2.05) is 34.6 Å². The number of hydrogen-bond donors (Lipinski definition) is 2. The van der Waals surface area contributed by atoms with Crippen LogP contribution >= 0.6 is 0 Å². The van der Waals surface area contributed by atoms with Crippen molar-refractivity contribution in [2.45, 2.75) is 91.7 Å². The third-order valence-corrected chi connectivity index (χ3v) is 5.47. The average molecular weight is 554 g/mol. The van der Waals surface area contributed by atoms with Crippen molar-refractivity contribution >= 4 is 24.2 Å². The molecule has 39 heavy (non-hydrogen) atoms. The number of aliphatic carboxylic acids is 1. The third kappa shape index (κ3) is 13.3. The van der Waals surface area contributed by atoms with Crippen LogP contribution in [0.1, 0.15) is 85.1 Å². The van der Waals surface area contributed by atoms with Gasteiger partial charge in [0.05, 0.1) is 19.3 Å². The van der Waals surface area contributed by atoms with Crippen LogP contribution in [-0.4, -0.2) is 54.7 Å². The van der Waals surface area contributed by atoms with Crippen molar-refractivity contribution in [3.8, 4) is 11.5 Å². The van der Waals surface area contributed by atoms with Crippen LogP contribution in [0, 0.1) is 11.8 Å². The Kier molecular flexibility index (Phi) is 14.9. The van der Waals surface area contributed by atoms with E-state index >= 15 is 0 Å². The summed E-state index contributed by atoms with van der Waals surface area (Å²) in [4.78, 5) is 48.5. The molecule has 0 bridgehead atoms. The van der Waals surface area contributed by atoms with Gasteiger partial charge in [-0.05, 0) is 49.3 Å². The molecule has 0 aliphatic carbocycles. The Labute approximate surface area is 230 Å². The van der Waals surface area contributed by atoms with E-state index in [0.29, 0.717) is 12.0 Å². The number of unbranched alkanes of at least 4 members (excludes halogenated alkanes) is 2. The predicted octanol–water partition coefficient (Wildman–Crippen LogP) is 5.43. The van der Waals surface area contributed by atoms with E-state index in [2.05, 4.69) is 0 Å². The van der Waals surface area contributed by atoms with E-state index in [9.17, 15) is 24.3 Å². The summed E-state index contributed by atoms with van der Waals surface area (Å²) >= 11 is 0. The van der Waals surface area contributed by atoms with E-state index in [4.69, 9.17) is 29.4 Å². The summed E-state index contributed by atoms with van der Waals surface area (Å²) in [5.74, 6) is -2.67. The highest BCUT2D eigenvalue weighted by Gasteiger charge is 2.30. The van der Waals surface area contributed by atoms with E-state index in [0.717, 1.165) is 12.8 Å². The Morgan fingerprint density at radius 1 is 0.872 bits per heavy atom. The molecule has 11 heteroatoms. The van der Waals surface area contributed by atoms with Crippen LogP contribution in [0.3, 0.4) is 0 Å². The lowest BCUT2D eigenvalue weighted by molar-refractivity contribution is -0.149. The molecular weight excluding hydrogens is 510 g/mol. The summed E-state index contributed by atoms with van der Waals surface area (Å²) in [6.45, 7) is 11.3. The van der Waals surface area contributed by atoms with E-state index in [1.54, 1.807) is 6.92 Å². The Hall–Kier alpha value is -3.34. The van der Waals surface area contributed by atoms with Crippen LogP contribution in [0.25, 0.3) is 0 Å². The van der Waals surface area contributed by atoms with Gasteiger partial charge in [0, 0.05) is 12.3 Å². The van der Waals surface area contributed by atoms with Crippen LogP contribution in [0.5, 0.6) is 11.5 Å². The molecule has 220 valence electrons. The van der Waals surface area contributed by atoms with Gasteiger partial charge in [-0.1, -0.05) is 53.5 Å². The summed E-state index contributed by atoms with van der Waals surface area (Å²) in [6.07, 6.45) is 0.241. The van der Waals surface area contributed by atoms with Crippen molar-refractivity contribution in [1.82, 2.24) is 0 Å². The zero-order valence-corrected chi connectivity index (χ0v) is 23.8. The van der Waals surface area contributed by atoms with Crippen molar-refractivity contribution in [2.75, 3.05) is 13.2 Å². The van der Waals surface area contributed by atoms with Gasteiger partial charge in [-0.3, -0.25) is 9.59 Å². The number of carbonyl (C=O) groups is 4. The summed E-state index contributed by atoms with van der Waals surface area (Å²) in [6, 6.07) is 2.83. The highest BCUT2D eigenvalue weighted by atomic mass is 16.7. The largest absolute Gasteiger partial charge is 0.513 e. The maximum absolute atomic E-state index is 12.3. The normalized spacial score (nSPS) is 13.4. The molecule has 2 unspecified atom stereocenters. The molecule has 3 N–H and O–H groups in total. The van der Waals surface area contributed by atoms with Gasteiger partial charge in [0.1, 0.15) is 6.04 Å². The molecule has 0 aromatic heterocycles. The Morgan fingerprint density at radius 2 is 1.44 bits per heavy atom. The number of carboxylic acids is 1. The first-order valence-electron chi connectivity index (χ1n) is 13.3. The minimum atomic E-state index is -1.37. The lowest BCUT2D eigenvalue weighted by Crippen LogP contribution is -2.38. The second-order valence-electron chi connectivity index (χ2n) is 10.3. The van der Waals surface area contributed by atoms with Crippen LogP contribution in [0.15, 0.2) is 18.2 Å². The molecule has 0 heterocycles. The number of benzene rings is 1. The average Bonchev–Trinajstić information content (AvgIpc) is 2.85. The van der Waals surface area contributed by atoms with Crippen LogP contribution < -0.4 is 15.2 Å². The topological polar surface area (TPSA) is 161 Å². The Morgan fingerprint density at radius 3 is 1.95 bits per heavy atom. The van der Waals surface area contributed by atoms with Crippen LogP contribution in [0.2, 0.25) is 0 Å². The van der Waals surface area contributed by atoms with Gasteiger partial charge in [-0.15, -0.1) is 0 Å². The molecule has 0 aliphatic rings. The van der Waals surface area contributed by atoms with Gasteiger partial charge >= 0.3 is 24.2 Å². The molecule has 1 rings (SSSR count). The van der Waals surface area contributed by atoms with Gasteiger partial charge in [-0.25, -0.2) is 9.59 Å². The summed E-state index contributed by atoms with van der Waals surface area (Å²) in [5, 5.41) is 9.64. The van der Waals surface area contributed by atoms with Gasteiger partial charge in [0.25, 0.3) is 0 Å². The smallest absolute Gasteiger partial charge is 0.480 e. The molecule has 3 atom stereocenters. The highest BCUT2D eigenvalue weighted by molar-refractivity contribution is 5.75. The molecule has 1 aromatic rings. The van der Waals surface area contributed by atoms with Gasteiger partial charge in [-0.2, -0.15) is 0 Å². The Bertz CT molecular complexity index is 946. The van der Waals surface area contributed by atoms with Crippen molar-refractivity contribution in [1.29, 1.82) is 0 Å². The number of esters is 1. The standard InChI is InChI=1S/C28H43NO10/c1-7-8-9-10-24(30)37-19(6)13-21(25(29)26(31)32)20-11-12-22(38-27(33)35-15-17(2)3)23(14-20)39-28(34)36-16-18(4)5/h11-12,14,17-19,21,25H,7-10,13,15-16,29H2,1-6H3,(H,31,32)/t19?,21?,25-/m0/s1. The summed E-state index contributed by atoms with van der Waals surface area (Å²) in [7, 11) is 0. The number of ether oxygens (including phenoxy) is 5. The first kappa shape index (κ1) is 33.7. The maximum atomic E-state index is 12.3. The van der Waals surface area contributed by atoms with Gasteiger partial charge in [0.15, 0.2) is 11.5 Å². The first-order valence-corrected chi connectivity index (χ1v) is 13.3. The zero-order valence-electron chi connectivity index (χ0n) is 23.8. The molecule has 0 radical (unpaired) electrons. The molecule has 0 aliphatic heterocycles. The fraction of sp³-hybridized carbons (Fsp3) is 0.643. The summed E-state index contributed by atoms with van der Waals surface area (Å²) in [5.41, 5.74) is 6.38. The maximum Gasteiger partial charge on any atom is 0.513 e. The van der Waals surface area contributed by atoms with Crippen molar-refractivity contribution in [3.63, 3.8) is 0 Å². The van der Waals surface area contributed by atoms with Crippen molar-refractivity contribution in [2.24, 2.45) is 17.6 Å². The zero-order chi connectivity index (χ0) is 29.5. The molecular formula is C28H43NO10. The van der Waals surface area contributed by atoms with E-state index in [1.165, 1.54) is 18.2 Å². The number of carbonyl (C=O) groups excluding carboxylic acids is 3. The SMILES string of the molecule is CCCCCC(=O)OC(C)CC(c1ccc(OC(=O)OCC(C)C)c(OC(=O)OCC(C)C)c1)[C@H](N)C(=O)O. The summed E-state index contributed by atoms with van der Waals surface area (Å²) < 4.78 is 26.1. The number of nitrogens with two attached hydrogens (primary N) is 1. The fourth-order valence-electron chi connectivity index (χ4n) is 3.50. The van der Waals surface area contributed by atoms with Crippen LogP contribution in [-0.2, 0) is 23.8 Å². The molecule has 0 amide bonds. The van der Waals surface area contributed by atoms with E-state index < -0.39 is 36.3 Å². The highest BCUT2D eigenvalue weighted by Crippen LogP contribution is 2.35. The predicted molar refractivity (Wildman–Crippen MR) is 143 cm³/mol. The van der Waals surface area contributed by atoms with Gasteiger partial charge < -0.3 is 34.5 Å². The minimum Gasteiger partial charge on any atom is -0.480 e. The third-order valence-electron chi connectivity index (χ3n) is 5.47. The molecule has 0 spiro atoms. The molecule has 0 fully saturated rings. The monoisotopic (exact) mass is 553 g/mol. The fourth-order valence-corrected chi connectivity index (χ4v) is 3.50. The lowest BCUT2D eigenvalue weighted by atomic mass is 9.87. The number of rotatable bonds is 16. The second kappa shape index (κ2) is 17.3. The second-order valence-corrected chi connectivity index (χ2v) is 10.3. The lowest BCUT2D eigenvalue weighted by Gasteiger charge is -2.25. The first-order chi connectivity index (χ1) is 18.3. The van der Waals surface area contributed by atoms with Gasteiger partial charge in [0.2, 0.25) is 0 Å². The number of hydrogen-bond acceptors (Lipinski definition) is 10. The van der Waals surface area contributed by atoms with E-state index in [-0.39, 0.29) is 55.4 Å². The van der Waals surface area contributed by atoms with Crippen molar-refractivity contribution < 1.29 is 48.0 Å². The Balaban J connectivity index is 3.24. The molecule has 0 saturated heterocycles. The quantitative estimate of drug-likeness (QED) is 0.116. The molecule has 1 aromatic carbocycles. The minimum absolute atomic E-state index is 0.0507. The number of carboxylic acid groups (broad SMARTS) is 1.